The Labute approximate surface area is 446 Å². The third-order valence-corrected chi connectivity index (χ3v) is 13.3. The molecule has 0 spiro atoms. The summed E-state index contributed by atoms with van der Waals surface area (Å²) >= 11 is 0. The van der Waals surface area contributed by atoms with Gasteiger partial charge in [0.2, 0.25) is 5.91 Å². The average Bonchev–Trinajstić information content (AvgIpc) is 3.39. The van der Waals surface area contributed by atoms with Crippen molar-refractivity contribution in [3.63, 3.8) is 0 Å². The molecule has 0 radical (unpaired) electrons. The molecular formula is C64H109NO8. The molecule has 1 heterocycles. The van der Waals surface area contributed by atoms with E-state index < -0.39 is 49.5 Å². The van der Waals surface area contributed by atoms with Crippen LogP contribution in [0.5, 0.6) is 0 Å². The van der Waals surface area contributed by atoms with Crippen LogP contribution >= 0.6 is 0 Å². The van der Waals surface area contributed by atoms with Crippen molar-refractivity contribution in [3.8, 4) is 0 Å². The van der Waals surface area contributed by atoms with Crippen molar-refractivity contribution >= 4 is 5.91 Å². The summed E-state index contributed by atoms with van der Waals surface area (Å²) in [4.78, 5) is 13.0. The van der Waals surface area contributed by atoms with Crippen molar-refractivity contribution in [2.45, 2.75) is 275 Å². The van der Waals surface area contributed by atoms with E-state index >= 15 is 0 Å². The first-order valence-corrected chi connectivity index (χ1v) is 29.6. The largest absolute Gasteiger partial charge is 0.394 e. The van der Waals surface area contributed by atoms with Gasteiger partial charge in [0.1, 0.15) is 24.4 Å². The van der Waals surface area contributed by atoms with Gasteiger partial charge in [-0.1, -0.05) is 239 Å². The SMILES string of the molecule is CC/C=C\C/C=C\C/C=C\C/C=C\C/C=C\C/C=C\CCCCCCCCCCCCCCCCCCCCC(=O)NC(COC1OC(CO)C(O)C(O)C1O)C(O)/C=C/CC/C=C/CC/C=C/CCCCC. The standard InChI is InChI=1S/C64H109NO8/c1-3-5-7-9-11-13-15-17-18-19-20-21-22-23-24-25-26-27-28-29-30-31-32-33-34-35-36-37-38-39-40-42-44-46-48-50-52-54-60(68)65-57(56-72-64-63(71)62(70)61(69)59(55-66)73-64)58(67)53-51-49-47-45-43-41-16-14-12-10-8-6-4-2/h5,7,11-14,17-18,20-21,23-24,26-27,43,45,51,53,57-59,61-64,66-67,69-71H,3-4,6,8-10,15-16,19,22,25,28-42,44,46-50,52,54-56H2,1-2H3,(H,65,68)/b7-5-,13-11-,14-12+,18-17-,21-20-,24-23-,27-26-,45-43+,53-51+. The third-order valence-electron chi connectivity index (χ3n) is 13.3. The van der Waals surface area contributed by atoms with Crippen molar-refractivity contribution in [3.05, 3.63) is 109 Å². The average molecular weight is 1020 g/mol. The number of carbonyl (C=O) groups excluding carboxylic acids is 1. The minimum Gasteiger partial charge on any atom is -0.394 e. The molecule has 0 aromatic rings. The Kier molecular flexibility index (Phi) is 48.6. The van der Waals surface area contributed by atoms with Crippen molar-refractivity contribution in [1.29, 1.82) is 0 Å². The number of amides is 1. The molecule has 9 heteroatoms. The Morgan fingerprint density at radius 2 is 0.863 bits per heavy atom. The summed E-state index contributed by atoms with van der Waals surface area (Å²) in [5.41, 5.74) is 0. The summed E-state index contributed by atoms with van der Waals surface area (Å²) in [6.07, 6.45) is 70.3. The maximum absolute atomic E-state index is 13.0. The predicted molar refractivity (Wildman–Crippen MR) is 308 cm³/mol. The molecule has 0 saturated carbocycles. The summed E-state index contributed by atoms with van der Waals surface area (Å²) < 4.78 is 11.2. The van der Waals surface area contributed by atoms with Crippen LogP contribution in [0.2, 0.25) is 0 Å². The van der Waals surface area contributed by atoms with Crippen LogP contribution in [0, 0.1) is 0 Å². The van der Waals surface area contributed by atoms with Crippen LogP contribution in [-0.4, -0.2) is 87.5 Å². The fraction of sp³-hybridized carbons (Fsp3) is 0.703. The lowest BCUT2D eigenvalue weighted by Gasteiger charge is -2.40. The minimum atomic E-state index is -1.58. The molecule has 1 aliphatic rings. The summed E-state index contributed by atoms with van der Waals surface area (Å²) in [6, 6.07) is -0.832. The van der Waals surface area contributed by atoms with Gasteiger partial charge in [0.05, 0.1) is 25.4 Å². The number of aliphatic hydroxyl groups is 5. The van der Waals surface area contributed by atoms with Crippen LogP contribution in [0.4, 0.5) is 0 Å². The Hall–Kier alpha value is -3.15. The molecule has 0 aromatic heterocycles. The molecule has 1 saturated heterocycles. The van der Waals surface area contributed by atoms with E-state index in [9.17, 15) is 30.3 Å². The van der Waals surface area contributed by atoms with Crippen LogP contribution in [-0.2, 0) is 14.3 Å². The van der Waals surface area contributed by atoms with E-state index in [1.165, 1.54) is 122 Å². The molecule has 7 unspecified atom stereocenters. The first-order valence-electron chi connectivity index (χ1n) is 29.6. The predicted octanol–water partition coefficient (Wildman–Crippen LogP) is 15.0. The maximum Gasteiger partial charge on any atom is 0.220 e. The van der Waals surface area contributed by atoms with Crippen molar-refractivity contribution in [2.75, 3.05) is 13.2 Å². The van der Waals surface area contributed by atoms with Crippen LogP contribution in [0.15, 0.2) is 109 Å². The van der Waals surface area contributed by atoms with E-state index in [4.69, 9.17) is 9.47 Å². The Morgan fingerprint density at radius 3 is 1.32 bits per heavy atom. The Bertz CT molecular complexity index is 1510. The molecule has 0 aliphatic carbocycles. The van der Waals surface area contributed by atoms with Crippen LogP contribution in [0.3, 0.4) is 0 Å². The molecule has 6 N–H and O–H groups in total. The zero-order valence-corrected chi connectivity index (χ0v) is 46.4. The molecule has 7 atom stereocenters. The Morgan fingerprint density at radius 1 is 0.479 bits per heavy atom. The van der Waals surface area contributed by atoms with Gasteiger partial charge in [0.25, 0.3) is 0 Å². The molecule has 1 aliphatic heterocycles. The number of ether oxygens (including phenoxy) is 2. The van der Waals surface area contributed by atoms with E-state index in [1.54, 1.807) is 6.08 Å². The fourth-order valence-electron chi connectivity index (χ4n) is 8.66. The van der Waals surface area contributed by atoms with Gasteiger partial charge in [0, 0.05) is 6.42 Å². The van der Waals surface area contributed by atoms with Gasteiger partial charge in [-0.2, -0.15) is 0 Å². The highest BCUT2D eigenvalue weighted by Gasteiger charge is 2.44. The van der Waals surface area contributed by atoms with Crippen molar-refractivity contribution in [2.24, 2.45) is 0 Å². The third kappa shape index (κ3) is 41.7. The summed E-state index contributed by atoms with van der Waals surface area (Å²) in [5, 5.41) is 54.3. The van der Waals surface area contributed by atoms with Crippen molar-refractivity contribution < 1.29 is 39.8 Å². The lowest BCUT2D eigenvalue weighted by Crippen LogP contribution is -2.60. The molecule has 0 bridgehead atoms. The highest BCUT2D eigenvalue weighted by atomic mass is 16.7. The van der Waals surface area contributed by atoms with E-state index in [-0.39, 0.29) is 12.5 Å². The van der Waals surface area contributed by atoms with Crippen LogP contribution in [0.1, 0.15) is 232 Å². The zero-order valence-electron chi connectivity index (χ0n) is 46.4. The second-order valence-corrected chi connectivity index (χ2v) is 20.0. The first-order chi connectivity index (χ1) is 35.8. The lowest BCUT2D eigenvalue weighted by atomic mass is 9.99. The molecule has 9 nitrogen and oxygen atoms in total. The normalized spacial score (nSPS) is 19.9. The summed E-state index contributed by atoms with van der Waals surface area (Å²) in [7, 11) is 0. The number of hydrogen-bond donors (Lipinski definition) is 6. The number of hydrogen-bond acceptors (Lipinski definition) is 8. The van der Waals surface area contributed by atoms with E-state index in [2.05, 4.69) is 116 Å². The second-order valence-electron chi connectivity index (χ2n) is 20.0. The van der Waals surface area contributed by atoms with Gasteiger partial charge in [-0.05, 0) is 96.3 Å². The Balaban J connectivity index is 2.11. The van der Waals surface area contributed by atoms with Gasteiger partial charge >= 0.3 is 0 Å². The van der Waals surface area contributed by atoms with Gasteiger partial charge < -0.3 is 40.3 Å². The molecule has 73 heavy (non-hydrogen) atoms. The number of rotatable bonds is 49. The fourth-order valence-corrected chi connectivity index (χ4v) is 8.66. The highest BCUT2D eigenvalue weighted by Crippen LogP contribution is 2.23. The summed E-state index contributed by atoms with van der Waals surface area (Å²) in [5.74, 6) is -0.194. The molecular weight excluding hydrogens is 911 g/mol. The van der Waals surface area contributed by atoms with Gasteiger partial charge in [-0.15, -0.1) is 0 Å². The topological polar surface area (TPSA) is 149 Å². The lowest BCUT2D eigenvalue weighted by molar-refractivity contribution is -0.302. The minimum absolute atomic E-state index is 0.194. The molecule has 0 aromatic carbocycles. The van der Waals surface area contributed by atoms with E-state index in [0.717, 1.165) is 89.9 Å². The second kappa shape index (κ2) is 52.3. The number of allylic oxidation sites excluding steroid dienone is 17. The maximum atomic E-state index is 13.0. The monoisotopic (exact) mass is 1020 g/mol. The van der Waals surface area contributed by atoms with Gasteiger partial charge in [-0.25, -0.2) is 0 Å². The van der Waals surface area contributed by atoms with Gasteiger partial charge in [-0.3, -0.25) is 4.79 Å². The quantitative estimate of drug-likeness (QED) is 0.0261. The highest BCUT2D eigenvalue weighted by molar-refractivity contribution is 5.76. The van der Waals surface area contributed by atoms with Crippen LogP contribution < -0.4 is 5.32 Å². The molecule has 1 amide bonds. The summed E-state index contributed by atoms with van der Waals surface area (Å²) in [6.45, 7) is 3.60. The number of nitrogens with one attached hydrogen (secondary N) is 1. The molecule has 418 valence electrons. The molecule has 1 fully saturated rings. The number of aliphatic hydroxyl groups excluding tert-OH is 5. The number of carbonyl (C=O) groups is 1. The van der Waals surface area contributed by atoms with Gasteiger partial charge in [0.15, 0.2) is 6.29 Å². The van der Waals surface area contributed by atoms with Crippen molar-refractivity contribution in [1.82, 2.24) is 5.32 Å². The number of unbranched alkanes of at least 4 members (excludes halogenated alkanes) is 23. The molecule has 1 rings (SSSR count). The van der Waals surface area contributed by atoms with Crippen LogP contribution in [0.25, 0.3) is 0 Å². The first kappa shape index (κ1) is 67.9. The van der Waals surface area contributed by atoms with E-state index in [1.807, 2.05) is 6.08 Å². The zero-order chi connectivity index (χ0) is 52.9. The van der Waals surface area contributed by atoms with E-state index in [0.29, 0.717) is 6.42 Å². The smallest absolute Gasteiger partial charge is 0.220 e.